The van der Waals surface area contributed by atoms with Crippen molar-refractivity contribution in [3.8, 4) is 0 Å². The normalized spacial score (nSPS) is 19.9. The molecule has 0 saturated carbocycles. The van der Waals surface area contributed by atoms with Crippen LogP contribution in [-0.4, -0.2) is 44.3 Å². The van der Waals surface area contributed by atoms with E-state index in [-0.39, 0.29) is 11.9 Å². The van der Waals surface area contributed by atoms with Gasteiger partial charge in [-0.1, -0.05) is 31.2 Å². The lowest BCUT2D eigenvalue weighted by Gasteiger charge is -2.39. The van der Waals surface area contributed by atoms with Crippen molar-refractivity contribution >= 4 is 10.0 Å². The summed E-state index contributed by atoms with van der Waals surface area (Å²) in [6.07, 6.45) is 0.876. The first-order chi connectivity index (χ1) is 11.9. The van der Waals surface area contributed by atoms with E-state index in [1.807, 2.05) is 26.1 Å². The maximum absolute atomic E-state index is 13.2. The monoisotopic (exact) mass is 362 g/mol. The van der Waals surface area contributed by atoms with E-state index in [2.05, 4.69) is 4.90 Å². The number of nitrogens with zero attached hydrogens (tertiary/aromatic N) is 2. The maximum atomic E-state index is 13.2. The van der Waals surface area contributed by atoms with Crippen molar-refractivity contribution < 1.29 is 12.8 Å². The van der Waals surface area contributed by atoms with Gasteiger partial charge in [-0.2, -0.15) is 4.31 Å². The molecule has 4 nitrogen and oxygen atoms in total. The molecule has 2 aromatic rings. The van der Waals surface area contributed by atoms with E-state index in [4.69, 9.17) is 0 Å². The van der Waals surface area contributed by atoms with Gasteiger partial charge >= 0.3 is 0 Å². The highest BCUT2D eigenvalue weighted by Gasteiger charge is 2.33. The van der Waals surface area contributed by atoms with Gasteiger partial charge in [-0.05, 0) is 48.9 Å². The molecule has 0 aliphatic carbocycles. The number of halogens is 1. The fourth-order valence-corrected chi connectivity index (χ4v) is 4.60. The van der Waals surface area contributed by atoms with Gasteiger partial charge in [0.1, 0.15) is 5.82 Å². The molecule has 1 unspecified atom stereocenters. The first-order valence-electron chi connectivity index (χ1n) is 8.46. The molecule has 25 heavy (non-hydrogen) atoms. The molecule has 1 heterocycles. The smallest absolute Gasteiger partial charge is 0.243 e. The summed E-state index contributed by atoms with van der Waals surface area (Å²) in [6.45, 7) is 3.48. The van der Waals surface area contributed by atoms with Crippen molar-refractivity contribution in [2.45, 2.75) is 24.3 Å². The zero-order chi connectivity index (χ0) is 18.0. The topological polar surface area (TPSA) is 40.6 Å². The zero-order valence-corrected chi connectivity index (χ0v) is 15.3. The van der Waals surface area contributed by atoms with Crippen molar-refractivity contribution in [2.24, 2.45) is 0 Å². The van der Waals surface area contributed by atoms with Crippen molar-refractivity contribution in [3.63, 3.8) is 0 Å². The van der Waals surface area contributed by atoms with Crippen LogP contribution >= 0.6 is 0 Å². The van der Waals surface area contributed by atoms with E-state index in [0.717, 1.165) is 17.5 Å². The van der Waals surface area contributed by atoms with Gasteiger partial charge in [0.2, 0.25) is 10.0 Å². The molecule has 3 rings (SSSR count). The maximum Gasteiger partial charge on any atom is 0.243 e. The highest BCUT2D eigenvalue weighted by atomic mass is 32.2. The summed E-state index contributed by atoms with van der Waals surface area (Å²) in [7, 11) is -1.56. The number of likely N-dealkylation sites (N-methyl/N-ethyl adjacent to an activating group) is 1. The van der Waals surface area contributed by atoms with Crippen molar-refractivity contribution in [2.75, 3.05) is 26.7 Å². The Balaban J connectivity index is 1.85. The van der Waals surface area contributed by atoms with Crippen LogP contribution in [0.4, 0.5) is 4.39 Å². The molecular weight excluding hydrogens is 339 g/mol. The summed E-state index contributed by atoms with van der Waals surface area (Å²) in [5, 5.41) is 0. The molecule has 0 aromatic heterocycles. The number of hydrogen-bond donors (Lipinski definition) is 0. The molecular formula is C19H23FN2O2S. The Morgan fingerprint density at radius 3 is 2.28 bits per heavy atom. The minimum atomic E-state index is -3.53. The van der Waals surface area contributed by atoms with Gasteiger partial charge in [-0.3, -0.25) is 4.90 Å². The van der Waals surface area contributed by atoms with Crippen LogP contribution in [-0.2, 0) is 16.4 Å². The summed E-state index contributed by atoms with van der Waals surface area (Å²) in [4.78, 5) is 2.44. The Morgan fingerprint density at radius 1 is 1.04 bits per heavy atom. The number of hydrogen-bond acceptors (Lipinski definition) is 3. The SMILES string of the molecule is CCc1ccc(S(=O)(=O)N2CCN(C)C(c3ccc(F)cc3)C2)cc1. The molecule has 134 valence electrons. The number of aryl methyl sites for hydroxylation is 1. The third-order valence-corrected chi connectivity index (χ3v) is 6.71. The molecule has 0 spiro atoms. The third kappa shape index (κ3) is 3.76. The van der Waals surface area contributed by atoms with Crippen molar-refractivity contribution in [3.05, 3.63) is 65.5 Å². The van der Waals surface area contributed by atoms with E-state index < -0.39 is 10.0 Å². The van der Waals surface area contributed by atoms with Crippen LogP contribution in [0, 0.1) is 5.82 Å². The largest absolute Gasteiger partial charge is 0.297 e. The van der Waals surface area contributed by atoms with Crippen LogP contribution in [0.5, 0.6) is 0 Å². The summed E-state index contributed by atoms with van der Waals surface area (Å²) < 4.78 is 40.7. The lowest BCUT2D eigenvalue weighted by atomic mass is 10.0. The summed E-state index contributed by atoms with van der Waals surface area (Å²) >= 11 is 0. The summed E-state index contributed by atoms with van der Waals surface area (Å²) in [5.74, 6) is -0.289. The van der Waals surface area contributed by atoms with E-state index in [1.54, 1.807) is 24.3 Å². The molecule has 0 N–H and O–H groups in total. The molecule has 0 amide bonds. The Hall–Kier alpha value is -1.76. The second-order valence-electron chi connectivity index (χ2n) is 6.41. The van der Waals surface area contributed by atoms with E-state index in [9.17, 15) is 12.8 Å². The Morgan fingerprint density at radius 2 is 1.68 bits per heavy atom. The van der Waals surface area contributed by atoms with Crippen LogP contribution in [0.2, 0.25) is 0 Å². The highest BCUT2D eigenvalue weighted by molar-refractivity contribution is 7.89. The average molecular weight is 362 g/mol. The van der Waals surface area contributed by atoms with Crippen LogP contribution in [0.15, 0.2) is 53.4 Å². The Bertz CT molecular complexity index is 820. The zero-order valence-electron chi connectivity index (χ0n) is 14.5. The van der Waals surface area contributed by atoms with Crippen LogP contribution in [0.3, 0.4) is 0 Å². The van der Waals surface area contributed by atoms with Gasteiger partial charge in [0, 0.05) is 25.7 Å². The van der Waals surface area contributed by atoms with E-state index >= 15 is 0 Å². The minimum Gasteiger partial charge on any atom is -0.297 e. The highest BCUT2D eigenvalue weighted by Crippen LogP contribution is 2.28. The number of piperazine rings is 1. The lowest BCUT2D eigenvalue weighted by Crippen LogP contribution is -2.48. The summed E-state index contributed by atoms with van der Waals surface area (Å²) in [5.41, 5.74) is 2.03. The number of sulfonamides is 1. The molecule has 0 bridgehead atoms. The molecule has 6 heteroatoms. The van der Waals surface area contributed by atoms with Crippen LogP contribution in [0.1, 0.15) is 24.1 Å². The molecule has 1 atom stereocenters. The van der Waals surface area contributed by atoms with Gasteiger partial charge < -0.3 is 0 Å². The fraction of sp³-hybridized carbons (Fsp3) is 0.368. The molecule has 1 aliphatic heterocycles. The molecule has 2 aromatic carbocycles. The Kier molecular flexibility index (Phi) is 5.22. The summed E-state index contributed by atoms with van der Waals surface area (Å²) in [6, 6.07) is 13.3. The van der Waals surface area contributed by atoms with Crippen LogP contribution in [0.25, 0.3) is 0 Å². The average Bonchev–Trinajstić information content (AvgIpc) is 2.63. The van der Waals surface area contributed by atoms with Gasteiger partial charge in [0.15, 0.2) is 0 Å². The first-order valence-corrected chi connectivity index (χ1v) is 9.90. The lowest BCUT2D eigenvalue weighted by molar-refractivity contribution is 0.148. The van der Waals surface area contributed by atoms with Gasteiger partial charge in [-0.25, -0.2) is 12.8 Å². The third-order valence-electron chi connectivity index (χ3n) is 4.83. The van der Waals surface area contributed by atoms with E-state index in [0.29, 0.717) is 24.5 Å². The minimum absolute atomic E-state index is 0.0842. The van der Waals surface area contributed by atoms with Gasteiger partial charge in [0.25, 0.3) is 0 Å². The number of benzene rings is 2. The standard InChI is InChI=1S/C19H23FN2O2S/c1-3-15-4-10-18(11-5-15)25(23,24)22-13-12-21(2)19(14-22)16-6-8-17(20)9-7-16/h4-11,19H,3,12-14H2,1-2H3. The second kappa shape index (κ2) is 7.23. The molecule has 1 fully saturated rings. The molecule has 0 radical (unpaired) electrons. The predicted octanol–water partition coefficient (Wildman–Crippen LogP) is 3.07. The predicted molar refractivity (Wildman–Crippen MR) is 96.3 cm³/mol. The van der Waals surface area contributed by atoms with E-state index in [1.165, 1.54) is 16.4 Å². The second-order valence-corrected chi connectivity index (χ2v) is 8.35. The molecule has 1 aliphatic rings. The van der Waals surface area contributed by atoms with Crippen molar-refractivity contribution in [1.29, 1.82) is 0 Å². The first kappa shape index (κ1) is 18.0. The van der Waals surface area contributed by atoms with Gasteiger partial charge in [-0.15, -0.1) is 0 Å². The van der Waals surface area contributed by atoms with Crippen LogP contribution < -0.4 is 0 Å². The molecule has 1 saturated heterocycles. The van der Waals surface area contributed by atoms with Gasteiger partial charge in [0.05, 0.1) is 4.90 Å². The van der Waals surface area contributed by atoms with Crippen molar-refractivity contribution in [1.82, 2.24) is 9.21 Å². The fourth-order valence-electron chi connectivity index (χ4n) is 3.16. The number of rotatable bonds is 4. The quantitative estimate of drug-likeness (QED) is 0.839. The Labute approximate surface area is 148 Å².